The molecule has 0 saturated carbocycles. The molecule has 4 rings (SSSR count). The van der Waals surface area contributed by atoms with Gasteiger partial charge in [-0.2, -0.15) is 0 Å². The van der Waals surface area contributed by atoms with E-state index in [4.69, 9.17) is 0 Å². The van der Waals surface area contributed by atoms with Crippen molar-refractivity contribution in [3.8, 4) is 0 Å². The minimum Gasteiger partial charge on any atom is -0.371 e. The third-order valence-corrected chi connectivity index (χ3v) is 7.54. The van der Waals surface area contributed by atoms with Gasteiger partial charge in [0.25, 0.3) is 11.8 Å². The van der Waals surface area contributed by atoms with E-state index in [0.717, 1.165) is 69.9 Å². The number of hydrogen-bond acceptors (Lipinski definition) is 3. The molecule has 1 N–H and O–H groups in total. The Morgan fingerprint density at radius 1 is 0.914 bits per heavy atom. The highest BCUT2D eigenvalue weighted by molar-refractivity contribution is 6.06. The molecule has 2 aromatic rings. The molecule has 5 nitrogen and oxygen atoms in total. The van der Waals surface area contributed by atoms with Crippen molar-refractivity contribution >= 4 is 23.2 Å². The Labute approximate surface area is 210 Å². The number of benzene rings is 2. The maximum absolute atomic E-state index is 13.6. The zero-order valence-electron chi connectivity index (χ0n) is 21.5. The Bertz CT molecular complexity index is 987. The summed E-state index contributed by atoms with van der Waals surface area (Å²) in [7, 11) is 0. The van der Waals surface area contributed by atoms with Crippen LogP contribution < -0.4 is 10.2 Å². The van der Waals surface area contributed by atoms with Crippen LogP contribution in [0.15, 0.2) is 42.5 Å². The molecule has 5 heteroatoms. The molecule has 2 heterocycles. The normalized spacial score (nSPS) is 16.9. The second-order valence-electron chi connectivity index (χ2n) is 10.4. The predicted octanol–water partition coefficient (Wildman–Crippen LogP) is 6.53. The van der Waals surface area contributed by atoms with Crippen LogP contribution in [-0.4, -0.2) is 42.9 Å². The molecule has 35 heavy (non-hydrogen) atoms. The standard InChI is InChI=1S/C30H41N3O2/c1-3-4-6-9-24-10-12-25(13-11-24)29(34)31-26-14-15-28(32-20-16-23(2)17-21-32)27(22-26)30(35)33-18-7-5-8-19-33/h10-15,22-23H,3-9,16-21H2,1-2H3,(H,31,34). The summed E-state index contributed by atoms with van der Waals surface area (Å²) in [5.74, 6) is 0.677. The Morgan fingerprint density at radius 3 is 2.31 bits per heavy atom. The summed E-state index contributed by atoms with van der Waals surface area (Å²) in [5, 5.41) is 3.04. The highest BCUT2D eigenvalue weighted by Crippen LogP contribution is 2.30. The van der Waals surface area contributed by atoms with Crippen molar-refractivity contribution in [2.75, 3.05) is 36.4 Å². The van der Waals surface area contributed by atoms with Crippen LogP contribution in [0.1, 0.15) is 91.5 Å². The van der Waals surface area contributed by atoms with Crippen molar-refractivity contribution < 1.29 is 9.59 Å². The smallest absolute Gasteiger partial charge is 0.256 e. The summed E-state index contributed by atoms with van der Waals surface area (Å²) in [4.78, 5) is 30.9. The average molecular weight is 476 g/mol. The minimum atomic E-state index is -0.138. The fourth-order valence-corrected chi connectivity index (χ4v) is 5.18. The summed E-state index contributed by atoms with van der Waals surface area (Å²) in [6.45, 7) is 8.08. The van der Waals surface area contributed by atoms with Gasteiger partial charge in [0, 0.05) is 43.1 Å². The van der Waals surface area contributed by atoms with Gasteiger partial charge in [0.2, 0.25) is 0 Å². The molecule has 0 aliphatic carbocycles. The number of nitrogens with one attached hydrogen (secondary N) is 1. The first-order valence-electron chi connectivity index (χ1n) is 13.6. The number of likely N-dealkylation sites (tertiary alicyclic amines) is 1. The van der Waals surface area contributed by atoms with E-state index in [2.05, 4.69) is 36.2 Å². The molecule has 0 atom stereocenters. The van der Waals surface area contributed by atoms with Crippen LogP contribution in [0.3, 0.4) is 0 Å². The molecule has 2 amide bonds. The first kappa shape index (κ1) is 25.3. The van der Waals surface area contributed by atoms with Gasteiger partial charge in [0.15, 0.2) is 0 Å². The van der Waals surface area contributed by atoms with E-state index in [1.54, 1.807) is 0 Å². The summed E-state index contributed by atoms with van der Waals surface area (Å²) >= 11 is 0. The highest BCUT2D eigenvalue weighted by atomic mass is 16.2. The molecule has 0 aromatic heterocycles. The Hall–Kier alpha value is -2.82. The van der Waals surface area contributed by atoms with Crippen molar-refractivity contribution in [1.82, 2.24) is 4.90 Å². The second-order valence-corrected chi connectivity index (χ2v) is 10.4. The highest BCUT2D eigenvalue weighted by Gasteiger charge is 2.25. The Morgan fingerprint density at radius 2 is 1.63 bits per heavy atom. The van der Waals surface area contributed by atoms with Crippen LogP contribution in [0.4, 0.5) is 11.4 Å². The molecule has 0 bridgehead atoms. The lowest BCUT2D eigenvalue weighted by Gasteiger charge is -2.35. The third-order valence-electron chi connectivity index (χ3n) is 7.54. The van der Waals surface area contributed by atoms with Crippen LogP contribution in [0.2, 0.25) is 0 Å². The van der Waals surface area contributed by atoms with Gasteiger partial charge in [0.1, 0.15) is 0 Å². The van der Waals surface area contributed by atoms with Crippen molar-refractivity contribution in [2.45, 2.75) is 71.6 Å². The van der Waals surface area contributed by atoms with Gasteiger partial charge >= 0.3 is 0 Å². The zero-order chi connectivity index (χ0) is 24.6. The number of amides is 2. The Balaban J connectivity index is 1.51. The van der Waals surface area contributed by atoms with Gasteiger partial charge in [0.05, 0.1) is 5.56 Å². The van der Waals surface area contributed by atoms with E-state index < -0.39 is 0 Å². The number of piperidine rings is 2. The molecule has 2 aromatic carbocycles. The first-order chi connectivity index (χ1) is 17.0. The fourth-order valence-electron chi connectivity index (χ4n) is 5.18. The van der Waals surface area contributed by atoms with Crippen LogP contribution in [0.5, 0.6) is 0 Å². The molecular weight excluding hydrogens is 434 g/mol. The number of hydrogen-bond donors (Lipinski definition) is 1. The zero-order valence-corrected chi connectivity index (χ0v) is 21.5. The number of aryl methyl sites for hydroxylation is 1. The third kappa shape index (κ3) is 6.65. The summed E-state index contributed by atoms with van der Waals surface area (Å²) in [6, 6.07) is 13.8. The molecule has 2 saturated heterocycles. The van der Waals surface area contributed by atoms with Gasteiger partial charge in [-0.1, -0.05) is 38.8 Å². The van der Waals surface area contributed by atoms with Crippen LogP contribution in [0.25, 0.3) is 0 Å². The maximum atomic E-state index is 13.6. The van der Waals surface area contributed by atoms with E-state index in [1.807, 2.05) is 35.2 Å². The summed E-state index contributed by atoms with van der Waals surface area (Å²) < 4.78 is 0. The lowest BCUT2D eigenvalue weighted by molar-refractivity contribution is 0.0724. The van der Waals surface area contributed by atoms with Gasteiger partial charge in [-0.25, -0.2) is 0 Å². The van der Waals surface area contributed by atoms with Gasteiger partial charge in [-0.3, -0.25) is 9.59 Å². The largest absolute Gasteiger partial charge is 0.371 e. The number of unbranched alkanes of at least 4 members (excludes halogenated alkanes) is 2. The molecule has 0 spiro atoms. The van der Waals surface area contributed by atoms with Crippen LogP contribution in [0, 0.1) is 5.92 Å². The van der Waals surface area contributed by atoms with E-state index >= 15 is 0 Å². The van der Waals surface area contributed by atoms with Crippen molar-refractivity contribution in [1.29, 1.82) is 0 Å². The molecule has 2 aliphatic heterocycles. The van der Waals surface area contributed by atoms with Gasteiger partial charge in [-0.05, 0) is 86.8 Å². The molecular formula is C30H41N3O2. The van der Waals surface area contributed by atoms with Crippen LogP contribution in [-0.2, 0) is 6.42 Å². The number of nitrogens with zero attached hydrogens (tertiary/aromatic N) is 2. The van der Waals surface area contributed by atoms with Crippen molar-refractivity contribution in [3.63, 3.8) is 0 Å². The van der Waals surface area contributed by atoms with E-state index in [0.29, 0.717) is 16.8 Å². The minimum absolute atomic E-state index is 0.0888. The Kier molecular flexibility index (Phi) is 8.84. The van der Waals surface area contributed by atoms with E-state index in [9.17, 15) is 9.59 Å². The molecule has 2 aliphatic rings. The number of rotatable bonds is 8. The fraction of sp³-hybridized carbons (Fsp3) is 0.533. The quantitative estimate of drug-likeness (QED) is 0.441. The lowest BCUT2D eigenvalue weighted by Crippen LogP contribution is -2.38. The number of anilines is 2. The lowest BCUT2D eigenvalue weighted by atomic mass is 9.97. The number of carbonyl (C=O) groups excluding carboxylic acids is 2. The molecule has 0 unspecified atom stereocenters. The van der Waals surface area contributed by atoms with Crippen molar-refractivity contribution in [3.05, 3.63) is 59.2 Å². The maximum Gasteiger partial charge on any atom is 0.256 e. The second kappa shape index (κ2) is 12.2. The molecule has 188 valence electrons. The van der Waals surface area contributed by atoms with Gasteiger partial charge < -0.3 is 15.1 Å². The summed E-state index contributed by atoms with van der Waals surface area (Å²) in [5.41, 5.74) is 4.30. The first-order valence-corrected chi connectivity index (χ1v) is 13.6. The topological polar surface area (TPSA) is 52.7 Å². The predicted molar refractivity (Wildman–Crippen MR) is 144 cm³/mol. The SMILES string of the molecule is CCCCCc1ccc(C(=O)Nc2ccc(N3CCC(C)CC3)c(C(=O)N3CCCCC3)c2)cc1. The molecule has 2 fully saturated rings. The number of carbonyl (C=O) groups is 2. The average Bonchev–Trinajstić information content (AvgIpc) is 2.90. The molecule has 0 radical (unpaired) electrons. The van der Waals surface area contributed by atoms with Gasteiger partial charge in [-0.15, -0.1) is 0 Å². The van der Waals surface area contributed by atoms with E-state index in [-0.39, 0.29) is 11.8 Å². The van der Waals surface area contributed by atoms with Crippen LogP contribution >= 0.6 is 0 Å². The van der Waals surface area contributed by atoms with Crippen molar-refractivity contribution in [2.24, 2.45) is 5.92 Å². The monoisotopic (exact) mass is 475 g/mol. The summed E-state index contributed by atoms with van der Waals surface area (Å²) in [6.07, 6.45) is 10.3. The van der Waals surface area contributed by atoms with E-state index in [1.165, 1.54) is 31.2 Å².